The van der Waals surface area contributed by atoms with E-state index in [1.807, 2.05) is 0 Å². The highest BCUT2D eigenvalue weighted by Gasteiger charge is 2.49. The molecule has 0 spiro atoms. The van der Waals surface area contributed by atoms with Crippen molar-refractivity contribution in [2.75, 3.05) is 0 Å². The molecule has 0 amide bonds. The third kappa shape index (κ3) is 2.71. The van der Waals surface area contributed by atoms with Crippen molar-refractivity contribution in [1.29, 1.82) is 0 Å². The number of allylic oxidation sites excluding steroid dienone is 8. The molecule has 154 valence electrons. The lowest BCUT2D eigenvalue weighted by Crippen LogP contribution is -2.34. The third-order valence-corrected chi connectivity index (χ3v) is 8.68. The molecule has 1 saturated heterocycles. The van der Waals surface area contributed by atoms with Crippen molar-refractivity contribution in [2.24, 2.45) is 23.2 Å². The molecule has 1 aliphatic heterocycles. The lowest BCUT2D eigenvalue weighted by Gasteiger charge is -2.33. The zero-order valence-corrected chi connectivity index (χ0v) is 18.0. The second-order valence-electron chi connectivity index (χ2n) is 10.6. The number of hydrogen-bond acceptors (Lipinski definition) is 2. The average molecular weight is 390 g/mol. The van der Waals surface area contributed by atoms with Crippen LogP contribution in [0.25, 0.3) is 0 Å². The van der Waals surface area contributed by atoms with Gasteiger partial charge in [-0.25, -0.2) is 0 Å². The summed E-state index contributed by atoms with van der Waals surface area (Å²) in [5.74, 6) is 1.93. The molecule has 29 heavy (non-hydrogen) atoms. The molecule has 5 unspecified atom stereocenters. The first-order chi connectivity index (χ1) is 14.1. The highest BCUT2D eigenvalue weighted by molar-refractivity contribution is 5.61. The summed E-state index contributed by atoms with van der Waals surface area (Å²) in [5, 5.41) is 4.06. The van der Waals surface area contributed by atoms with Crippen LogP contribution in [0.3, 0.4) is 0 Å². The molecule has 5 atom stereocenters. The van der Waals surface area contributed by atoms with Crippen LogP contribution in [0.1, 0.15) is 71.6 Å². The molecule has 1 heterocycles. The Morgan fingerprint density at radius 1 is 1.00 bits per heavy atom. The molecule has 6 rings (SSSR count). The van der Waals surface area contributed by atoms with Crippen molar-refractivity contribution in [2.45, 2.75) is 83.8 Å². The van der Waals surface area contributed by atoms with Crippen molar-refractivity contribution in [3.8, 4) is 0 Å². The maximum atomic E-state index is 6.49. The van der Waals surface area contributed by atoms with Gasteiger partial charge in [0.1, 0.15) is 0 Å². The van der Waals surface area contributed by atoms with Gasteiger partial charge in [0.05, 0.1) is 12.2 Å². The largest absolute Gasteiger partial charge is 0.370 e. The van der Waals surface area contributed by atoms with Crippen LogP contribution in [-0.2, 0) is 4.74 Å². The molecule has 6 aliphatic rings. The number of nitrogens with one attached hydrogen (secondary N) is 1. The third-order valence-electron chi connectivity index (χ3n) is 8.68. The van der Waals surface area contributed by atoms with E-state index >= 15 is 0 Å². The summed E-state index contributed by atoms with van der Waals surface area (Å²) in [6, 6.07) is 0. The van der Waals surface area contributed by atoms with Crippen LogP contribution in [-0.4, -0.2) is 12.2 Å². The van der Waals surface area contributed by atoms with Gasteiger partial charge in [-0.1, -0.05) is 44.2 Å². The van der Waals surface area contributed by atoms with E-state index in [0.29, 0.717) is 30.0 Å². The topological polar surface area (TPSA) is 21.3 Å². The summed E-state index contributed by atoms with van der Waals surface area (Å²) in [6.07, 6.45) is 24.2. The summed E-state index contributed by atoms with van der Waals surface area (Å²) in [7, 11) is 0. The fraction of sp³-hybridized carbons (Fsp3) is 0.630. The van der Waals surface area contributed by atoms with Gasteiger partial charge in [0, 0.05) is 22.9 Å². The Balaban J connectivity index is 1.37. The Bertz CT molecular complexity index is 867. The number of hydrogen-bond donors (Lipinski definition) is 1. The molecule has 0 bridgehead atoms. The highest BCUT2D eigenvalue weighted by Crippen LogP contribution is 2.59. The minimum atomic E-state index is 0.286. The maximum absolute atomic E-state index is 6.49. The first-order valence-electron chi connectivity index (χ1n) is 12.1. The van der Waals surface area contributed by atoms with Gasteiger partial charge in [-0.15, -0.1) is 0 Å². The molecular formula is C27H35NO. The predicted molar refractivity (Wildman–Crippen MR) is 118 cm³/mol. The molecule has 0 aromatic heterocycles. The Kier molecular flexibility index (Phi) is 4.24. The molecule has 0 radical (unpaired) electrons. The first-order valence-corrected chi connectivity index (χ1v) is 12.1. The van der Waals surface area contributed by atoms with Crippen LogP contribution >= 0.6 is 0 Å². The van der Waals surface area contributed by atoms with Crippen LogP contribution in [0.2, 0.25) is 0 Å². The number of fused-ring (bicyclic) bond motifs is 6. The first kappa shape index (κ1) is 18.2. The fourth-order valence-electron chi connectivity index (χ4n) is 7.33. The van der Waals surface area contributed by atoms with E-state index in [-0.39, 0.29) is 5.41 Å². The monoisotopic (exact) mass is 389 g/mol. The maximum Gasteiger partial charge on any atom is 0.0795 e. The predicted octanol–water partition coefficient (Wildman–Crippen LogP) is 6.34. The van der Waals surface area contributed by atoms with Gasteiger partial charge < -0.3 is 10.1 Å². The minimum Gasteiger partial charge on any atom is -0.370 e. The van der Waals surface area contributed by atoms with Gasteiger partial charge in [0.2, 0.25) is 0 Å². The average Bonchev–Trinajstić information content (AvgIpc) is 3.23. The molecule has 2 fully saturated rings. The SMILES string of the molecule is CC1(C)C2=CCCC(NC3=CCCC4OC5C=CCCC5C34)=C2C2=CCCCC21. The van der Waals surface area contributed by atoms with E-state index in [2.05, 4.69) is 49.5 Å². The Morgan fingerprint density at radius 3 is 2.86 bits per heavy atom. The summed E-state index contributed by atoms with van der Waals surface area (Å²) in [6.45, 7) is 4.97. The fourth-order valence-corrected chi connectivity index (χ4v) is 7.33. The Morgan fingerprint density at radius 2 is 1.93 bits per heavy atom. The molecule has 1 N–H and O–H groups in total. The Hall–Kier alpha value is -1.54. The zero-order valence-electron chi connectivity index (χ0n) is 18.0. The van der Waals surface area contributed by atoms with E-state index in [4.69, 9.17) is 4.74 Å². The second-order valence-corrected chi connectivity index (χ2v) is 10.6. The van der Waals surface area contributed by atoms with Crippen molar-refractivity contribution < 1.29 is 4.74 Å². The van der Waals surface area contributed by atoms with Crippen molar-refractivity contribution in [3.63, 3.8) is 0 Å². The van der Waals surface area contributed by atoms with Gasteiger partial charge in [-0.2, -0.15) is 0 Å². The molecule has 0 aromatic rings. The van der Waals surface area contributed by atoms with E-state index in [9.17, 15) is 0 Å². The van der Waals surface area contributed by atoms with Crippen molar-refractivity contribution in [3.05, 3.63) is 58.5 Å². The quantitative estimate of drug-likeness (QED) is 0.556. The van der Waals surface area contributed by atoms with E-state index < -0.39 is 0 Å². The molecule has 2 heteroatoms. The highest BCUT2D eigenvalue weighted by atomic mass is 16.5. The van der Waals surface area contributed by atoms with Crippen LogP contribution in [0, 0.1) is 23.2 Å². The summed E-state index contributed by atoms with van der Waals surface area (Å²) < 4.78 is 6.49. The molecule has 1 saturated carbocycles. The summed E-state index contributed by atoms with van der Waals surface area (Å²) in [5.41, 5.74) is 8.14. The van der Waals surface area contributed by atoms with E-state index in [1.165, 1.54) is 56.3 Å². The van der Waals surface area contributed by atoms with Gasteiger partial charge in [-0.3, -0.25) is 0 Å². The summed E-state index contributed by atoms with van der Waals surface area (Å²) >= 11 is 0. The van der Waals surface area contributed by atoms with Gasteiger partial charge in [0.15, 0.2) is 0 Å². The minimum absolute atomic E-state index is 0.286. The van der Waals surface area contributed by atoms with Crippen molar-refractivity contribution in [1.82, 2.24) is 5.32 Å². The number of ether oxygens (including phenoxy) is 1. The molecular weight excluding hydrogens is 354 g/mol. The van der Waals surface area contributed by atoms with Gasteiger partial charge in [0.25, 0.3) is 0 Å². The lowest BCUT2D eigenvalue weighted by atomic mass is 9.74. The van der Waals surface area contributed by atoms with Crippen LogP contribution in [0.5, 0.6) is 0 Å². The second kappa shape index (κ2) is 6.74. The van der Waals surface area contributed by atoms with Gasteiger partial charge in [-0.05, 0) is 86.2 Å². The summed E-state index contributed by atoms with van der Waals surface area (Å²) in [4.78, 5) is 0. The van der Waals surface area contributed by atoms with Crippen LogP contribution in [0.15, 0.2) is 58.5 Å². The van der Waals surface area contributed by atoms with E-state index in [0.717, 1.165) is 12.8 Å². The van der Waals surface area contributed by atoms with Crippen LogP contribution in [0.4, 0.5) is 0 Å². The van der Waals surface area contributed by atoms with Crippen LogP contribution < -0.4 is 5.32 Å². The standard InChI is InChI=1S/C27H35NO/c1-27(2)19-11-5-3-9-17(19)25-20(27)12-7-13-21(25)28-22-14-8-16-24-26(22)18-10-4-6-15-23(18)29-24/h6,9,12,14-15,18-19,23-24,26,28H,3-5,7-8,10-11,13,16H2,1-2H3. The smallest absolute Gasteiger partial charge is 0.0795 e. The zero-order chi connectivity index (χ0) is 19.6. The van der Waals surface area contributed by atoms with Crippen molar-refractivity contribution >= 4 is 0 Å². The molecule has 0 aromatic carbocycles. The molecule has 5 aliphatic carbocycles. The molecule has 2 nitrogen and oxygen atoms in total. The normalized spacial score (nSPS) is 39.7. The lowest BCUT2D eigenvalue weighted by molar-refractivity contribution is 0.0478. The van der Waals surface area contributed by atoms with Gasteiger partial charge >= 0.3 is 0 Å². The van der Waals surface area contributed by atoms with E-state index in [1.54, 1.807) is 16.7 Å². The Labute approximate surface area is 175 Å². The number of rotatable bonds is 2.